The van der Waals surface area contributed by atoms with Crippen LogP contribution in [-0.2, 0) is 5.41 Å². The van der Waals surface area contributed by atoms with Crippen molar-refractivity contribution in [3.8, 4) is 0 Å². The second kappa shape index (κ2) is 4.95. The Morgan fingerprint density at radius 3 is 2.88 bits per heavy atom. The molecule has 2 atom stereocenters. The van der Waals surface area contributed by atoms with E-state index in [1.807, 2.05) is 19.2 Å². The fourth-order valence-electron chi connectivity index (χ4n) is 3.21. The minimum absolute atomic E-state index is 0.0935. The molecule has 0 aliphatic heterocycles. The van der Waals surface area contributed by atoms with Gasteiger partial charge in [-0.2, -0.15) is 0 Å². The summed E-state index contributed by atoms with van der Waals surface area (Å²) in [5.41, 5.74) is 0.688. The number of hydrogen-bond donors (Lipinski definition) is 1. The maximum atomic E-state index is 14.2. The first-order chi connectivity index (χ1) is 8.12. The quantitative estimate of drug-likeness (QED) is 0.867. The summed E-state index contributed by atoms with van der Waals surface area (Å²) in [6.07, 6.45) is 3.36. The number of halogens is 2. The Bertz CT molecular complexity index is 407. The SMILES string of the molecule is CNCC1(c2cccc(Cl)c2F)CCCC1C. The largest absolute Gasteiger partial charge is 0.319 e. The van der Waals surface area contributed by atoms with E-state index in [2.05, 4.69) is 12.2 Å². The fourth-order valence-corrected chi connectivity index (χ4v) is 3.38. The van der Waals surface area contributed by atoms with Gasteiger partial charge in [0.2, 0.25) is 0 Å². The van der Waals surface area contributed by atoms with Crippen LogP contribution in [0.1, 0.15) is 31.7 Å². The van der Waals surface area contributed by atoms with Gasteiger partial charge in [-0.05, 0) is 37.4 Å². The zero-order chi connectivity index (χ0) is 12.5. The maximum absolute atomic E-state index is 14.2. The van der Waals surface area contributed by atoms with Gasteiger partial charge in [-0.1, -0.05) is 37.1 Å². The molecule has 1 nitrogen and oxygen atoms in total. The van der Waals surface area contributed by atoms with Crippen molar-refractivity contribution < 1.29 is 4.39 Å². The molecule has 0 amide bonds. The van der Waals surface area contributed by atoms with Crippen LogP contribution < -0.4 is 5.32 Å². The molecule has 1 aromatic rings. The minimum atomic E-state index is -0.238. The van der Waals surface area contributed by atoms with Gasteiger partial charge in [0.05, 0.1) is 5.02 Å². The Labute approximate surface area is 107 Å². The average Bonchev–Trinajstić information content (AvgIpc) is 2.66. The van der Waals surface area contributed by atoms with Gasteiger partial charge < -0.3 is 5.32 Å². The van der Waals surface area contributed by atoms with Crippen LogP contribution in [-0.4, -0.2) is 13.6 Å². The van der Waals surface area contributed by atoms with Crippen molar-refractivity contribution in [3.05, 3.63) is 34.6 Å². The summed E-state index contributed by atoms with van der Waals surface area (Å²) in [6.45, 7) is 3.02. The molecule has 2 rings (SSSR count). The fraction of sp³-hybridized carbons (Fsp3) is 0.571. The van der Waals surface area contributed by atoms with Crippen LogP contribution in [0.25, 0.3) is 0 Å². The van der Waals surface area contributed by atoms with E-state index in [4.69, 9.17) is 11.6 Å². The van der Waals surface area contributed by atoms with Gasteiger partial charge in [0.15, 0.2) is 0 Å². The highest BCUT2D eigenvalue weighted by Gasteiger charge is 2.43. The lowest BCUT2D eigenvalue weighted by Crippen LogP contribution is -2.39. The van der Waals surface area contributed by atoms with E-state index in [1.54, 1.807) is 6.07 Å². The normalized spacial score (nSPS) is 28.6. The Hall–Kier alpha value is -0.600. The van der Waals surface area contributed by atoms with Gasteiger partial charge in [-0.15, -0.1) is 0 Å². The smallest absolute Gasteiger partial charge is 0.145 e. The third-order valence-corrected chi connectivity index (χ3v) is 4.48. The van der Waals surface area contributed by atoms with Crippen molar-refractivity contribution in [2.24, 2.45) is 5.92 Å². The second-order valence-corrected chi connectivity index (χ2v) is 5.49. The predicted octanol–water partition coefficient (Wildman–Crippen LogP) is 3.76. The molecule has 0 aromatic heterocycles. The Morgan fingerprint density at radius 1 is 1.53 bits per heavy atom. The molecule has 0 radical (unpaired) electrons. The van der Waals surface area contributed by atoms with Gasteiger partial charge in [0.1, 0.15) is 5.82 Å². The monoisotopic (exact) mass is 255 g/mol. The first kappa shape index (κ1) is 12.8. The molecule has 94 valence electrons. The van der Waals surface area contributed by atoms with Crippen molar-refractivity contribution >= 4 is 11.6 Å². The average molecular weight is 256 g/mol. The summed E-state index contributed by atoms with van der Waals surface area (Å²) in [5, 5.41) is 3.45. The van der Waals surface area contributed by atoms with E-state index < -0.39 is 0 Å². The van der Waals surface area contributed by atoms with E-state index in [-0.39, 0.29) is 16.3 Å². The van der Waals surface area contributed by atoms with Gasteiger partial charge in [-0.25, -0.2) is 4.39 Å². The molecule has 1 N–H and O–H groups in total. The van der Waals surface area contributed by atoms with E-state index in [1.165, 1.54) is 0 Å². The van der Waals surface area contributed by atoms with Crippen LogP contribution in [0.5, 0.6) is 0 Å². The molecular weight excluding hydrogens is 237 g/mol. The predicted molar refractivity (Wildman–Crippen MR) is 70.0 cm³/mol. The van der Waals surface area contributed by atoms with Crippen molar-refractivity contribution in [3.63, 3.8) is 0 Å². The summed E-state index contributed by atoms with van der Waals surface area (Å²) in [7, 11) is 1.93. The zero-order valence-electron chi connectivity index (χ0n) is 10.4. The summed E-state index contributed by atoms with van der Waals surface area (Å²) < 4.78 is 14.2. The molecule has 17 heavy (non-hydrogen) atoms. The number of likely N-dealkylation sites (N-methyl/N-ethyl adjacent to an activating group) is 1. The van der Waals surface area contributed by atoms with Crippen LogP contribution in [0, 0.1) is 11.7 Å². The maximum Gasteiger partial charge on any atom is 0.145 e. The molecule has 3 heteroatoms. The molecule has 0 bridgehead atoms. The van der Waals surface area contributed by atoms with E-state index in [0.717, 1.165) is 31.4 Å². The van der Waals surface area contributed by atoms with Crippen molar-refractivity contribution in [1.82, 2.24) is 5.32 Å². The summed E-state index contributed by atoms with van der Waals surface area (Å²) in [6, 6.07) is 5.36. The molecule has 2 unspecified atom stereocenters. The lowest BCUT2D eigenvalue weighted by Gasteiger charge is -2.35. The lowest BCUT2D eigenvalue weighted by molar-refractivity contribution is 0.314. The van der Waals surface area contributed by atoms with Crippen LogP contribution in [0.4, 0.5) is 4.39 Å². The first-order valence-electron chi connectivity index (χ1n) is 6.21. The molecular formula is C14H19ClFN. The van der Waals surface area contributed by atoms with Crippen molar-refractivity contribution in [1.29, 1.82) is 0 Å². The van der Waals surface area contributed by atoms with Crippen molar-refractivity contribution in [2.45, 2.75) is 31.6 Å². The summed E-state index contributed by atoms with van der Waals surface area (Å²) >= 11 is 5.91. The lowest BCUT2D eigenvalue weighted by atomic mass is 9.72. The molecule has 0 spiro atoms. The molecule has 0 saturated heterocycles. The Kier molecular flexibility index (Phi) is 3.74. The Balaban J connectivity index is 2.49. The number of rotatable bonds is 3. The molecule has 1 aliphatic rings. The Morgan fingerprint density at radius 2 is 2.29 bits per heavy atom. The number of hydrogen-bond acceptors (Lipinski definition) is 1. The highest BCUT2D eigenvalue weighted by Crippen LogP contribution is 2.46. The summed E-state index contributed by atoms with van der Waals surface area (Å²) in [4.78, 5) is 0. The van der Waals surface area contributed by atoms with Gasteiger partial charge in [-0.3, -0.25) is 0 Å². The number of nitrogens with one attached hydrogen (secondary N) is 1. The van der Waals surface area contributed by atoms with E-state index in [0.29, 0.717) is 5.92 Å². The molecule has 1 fully saturated rings. The highest BCUT2D eigenvalue weighted by atomic mass is 35.5. The van der Waals surface area contributed by atoms with Crippen LogP contribution in [0.3, 0.4) is 0 Å². The van der Waals surface area contributed by atoms with Gasteiger partial charge in [0, 0.05) is 12.0 Å². The van der Waals surface area contributed by atoms with Crippen LogP contribution >= 0.6 is 11.6 Å². The standard InChI is InChI=1S/C14H19ClFN/c1-10-5-4-8-14(10,9-17-2)11-6-3-7-12(15)13(11)16/h3,6-7,10,17H,4-5,8-9H2,1-2H3. The van der Waals surface area contributed by atoms with E-state index in [9.17, 15) is 4.39 Å². The van der Waals surface area contributed by atoms with Crippen LogP contribution in [0.2, 0.25) is 5.02 Å². The summed E-state index contributed by atoms with van der Waals surface area (Å²) in [5.74, 6) is 0.251. The zero-order valence-corrected chi connectivity index (χ0v) is 11.1. The van der Waals surface area contributed by atoms with Gasteiger partial charge in [0.25, 0.3) is 0 Å². The molecule has 1 saturated carbocycles. The topological polar surface area (TPSA) is 12.0 Å². The molecule has 1 aromatic carbocycles. The molecule has 1 aliphatic carbocycles. The third kappa shape index (κ3) is 2.09. The second-order valence-electron chi connectivity index (χ2n) is 5.08. The van der Waals surface area contributed by atoms with Crippen LogP contribution in [0.15, 0.2) is 18.2 Å². The van der Waals surface area contributed by atoms with E-state index >= 15 is 0 Å². The molecule has 0 heterocycles. The highest BCUT2D eigenvalue weighted by molar-refractivity contribution is 6.30. The first-order valence-corrected chi connectivity index (χ1v) is 6.58. The van der Waals surface area contributed by atoms with Gasteiger partial charge >= 0.3 is 0 Å². The minimum Gasteiger partial charge on any atom is -0.319 e. The third-order valence-electron chi connectivity index (χ3n) is 4.18. The number of benzene rings is 1. The van der Waals surface area contributed by atoms with Crippen molar-refractivity contribution in [2.75, 3.05) is 13.6 Å².